The van der Waals surface area contributed by atoms with E-state index in [0.29, 0.717) is 0 Å². The average molecular weight is 342 g/mol. The number of carbonyl (C=O) groups is 3. The minimum atomic E-state index is -1.28. The Bertz CT molecular complexity index is 600. The van der Waals surface area contributed by atoms with Gasteiger partial charge in [0, 0.05) is 12.6 Å². The summed E-state index contributed by atoms with van der Waals surface area (Å²) in [4.78, 5) is 36.5. The molecule has 1 aromatic carbocycles. The third kappa shape index (κ3) is 5.60. The van der Waals surface area contributed by atoms with Crippen LogP contribution in [-0.4, -0.2) is 48.4 Å². The number of likely N-dealkylation sites (N-methyl/N-ethyl adjacent to an activating group) is 1. The number of carbonyl (C=O) groups excluding carboxylic acids is 3. The average Bonchev–Trinajstić information content (AvgIpc) is 2.49. The lowest BCUT2D eigenvalue weighted by molar-refractivity contribution is -0.138. The van der Waals surface area contributed by atoms with Gasteiger partial charge in [-0.25, -0.2) is 13.6 Å². The molecule has 24 heavy (non-hydrogen) atoms. The SMILES string of the molecule is CCN(CC(=O)NC(C)C)C(=O)COC(=O)c1c(F)cccc1F. The van der Waals surface area contributed by atoms with E-state index >= 15 is 0 Å². The van der Waals surface area contributed by atoms with Gasteiger partial charge < -0.3 is 15.0 Å². The van der Waals surface area contributed by atoms with Crippen LogP contribution in [0.3, 0.4) is 0 Å². The molecule has 0 bridgehead atoms. The molecule has 1 aromatic rings. The summed E-state index contributed by atoms with van der Waals surface area (Å²) in [7, 11) is 0. The number of hydrogen-bond donors (Lipinski definition) is 1. The Morgan fingerprint density at radius 3 is 2.29 bits per heavy atom. The monoisotopic (exact) mass is 342 g/mol. The maximum absolute atomic E-state index is 13.5. The topological polar surface area (TPSA) is 75.7 Å². The zero-order valence-corrected chi connectivity index (χ0v) is 13.8. The first-order valence-electron chi connectivity index (χ1n) is 7.44. The number of rotatable bonds is 7. The Labute approximate surface area is 138 Å². The van der Waals surface area contributed by atoms with E-state index in [1.54, 1.807) is 20.8 Å². The first kappa shape index (κ1) is 19.5. The second-order valence-electron chi connectivity index (χ2n) is 5.30. The Balaban J connectivity index is 2.63. The van der Waals surface area contributed by atoms with E-state index in [4.69, 9.17) is 0 Å². The van der Waals surface area contributed by atoms with Crippen molar-refractivity contribution < 1.29 is 27.9 Å². The molecule has 0 heterocycles. The van der Waals surface area contributed by atoms with Gasteiger partial charge in [0.15, 0.2) is 6.61 Å². The summed E-state index contributed by atoms with van der Waals surface area (Å²) in [5.74, 6) is -4.41. The summed E-state index contributed by atoms with van der Waals surface area (Å²) in [6.45, 7) is 4.52. The summed E-state index contributed by atoms with van der Waals surface area (Å²) in [5.41, 5.74) is -0.856. The quantitative estimate of drug-likeness (QED) is 0.762. The molecular weight excluding hydrogens is 322 g/mol. The molecule has 0 saturated carbocycles. The van der Waals surface area contributed by atoms with Gasteiger partial charge in [-0.1, -0.05) is 6.07 Å². The van der Waals surface area contributed by atoms with E-state index in [1.165, 1.54) is 4.90 Å². The molecule has 1 N–H and O–H groups in total. The number of nitrogens with one attached hydrogen (secondary N) is 1. The van der Waals surface area contributed by atoms with Crippen molar-refractivity contribution in [3.63, 3.8) is 0 Å². The molecule has 1 rings (SSSR count). The highest BCUT2D eigenvalue weighted by atomic mass is 19.1. The van der Waals surface area contributed by atoms with Crippen LogP contribution in [0, 0.1) is 11.6 Å². The first-order chi connectivity index (χ1) is 11.3. The lowest BCUT2D eigenvalue weighted by atomic mass is 10.2. The molecular formula is C16H20F2N2O4. The van der Waals surface area contributed by atoms with Crippen molar-refractivity contribution in [1.82, 2.24) is 10.2 Å². The van der Waals surface area contributed by atoms with E-state index in [2.05, 4.69) is 10.1 Å². The van der Waals surface area contributed by atoms with Crippen molar-refractivity contribution >= 4 is 17.8 Å². The number of esters is 1. The van der Waals surface area contributed by atoms with Crippen LogP contribution in [0.25, 0.3) is 0 Å². The minimum Gasteiger partial charge on any atom is -0.452 e. The lowest BCUT2D eigenvalue weighted by Crippen LogP contribution is -2.44. The standard InChI is InChI=1S/C16H20F2N2O4/c1-4-20(8-13(21)19-10(2)3)14(22)9-24-16(23)15-11(17)6-5-7-12(15)18/h5-7,10H,4,8-9H2,1-3H3,(H,19,21). The highest BCUT2D eigenvalue weighted by Crippen LogP contribution is 2.13. The van der Waals surface area contributed by atoms with Gasteiger partial charge >= 0.3 is 5.97 Å². The molecule has 0 saturated heterocycles. The molecule has 0 aromatic heterocycles. The maximum Gasteiger partial charge on any atom is 0.344 e. The van der Waals surface area contributed by atoms with Gasteiger partial charge in [-0.05, 0) is 32.9 Å². The first-order valence-corrected chi connectivity index (χ1v) is 7.44. The van der Waals surface area contributed by atoms with Crippen molar-refractivity contribution in [3.8, 4) is 0 Å². The molecule has 6 nitrogen and oxygen atoms in total. The normalized spacial score (nSPS) is 10.4. The molecule has 0 unspecified atom stereocenters. The third-order valence-electron chi connectivity index (χ3n) is 3.01. The Morgan fingerprint density at radius 1 is 1.21 bits per heavy atom. The molecule has 0 radical (unpaired) electrons. The maximum atomic E-state index is 13.5. The Kier molecular flexibility index (Phi) is 7.29. The smallest absolute Gasteiger partial charge is 0.344 e. The lowest BCUT2D eigenvalue weighted by Gasteiger charge is -2.21. The summed E-state index contributed by atoms with van der Waals surface area (Å²) in [6, 6.07) is 2.86. The third-order valence-corrected chi connectivity index (χ3v) is 3.01. The zero-order valence-electron chi connectivity index (χ0n) is 13.8. The van der Waals surface area contributed by atoms with Gasteiger partial charge in [0.25, 0.3) is 5.91 Å². The molecule has 8 heteroatoms. The molecule has 0 spiro atoms. The number of nitrogens with zero attached hydrogens (tertiary/aromatic N) is 1. The summed E-state index contributed by atoms with van der Waals surface area (Å²) in [5, 5.41) is 2.63. The van der Waals surface area contributed by atoms with Gasteiger partial charge in [0.2, 0.25) is 5.91 Å². The number of benzene rings is 1. The van der Waals surface area contributed by atoms with Crippen LogP contribution < -0.4 is 5.32 Å². The largest absolute Gasteiger partial charge is 0.452 e. The van der Waals surface area contributed by atoms with Crippen LogP contribution in [0.5, 0.6) is 0 Å². The molecule has 0 atom stereocenters. The molecule has 0 aliphatic carbocycles. The van der Waals surface area contributed by atoms with Gasteiger partial charge in [0.1, 0.15) is 17.2 Å². The minimum absolute atomic E-state index is 0.0758. The molecule has 0 aliphatic heterocycles. The Hall–Kier alpha value is -2.51. The van der Waals surface area contributed by atoms with Crippen LogP contribution in [0.15, 0.2) is 18.2 Å². The molecule has 132 valence electrons. The fraction of sp³-hybridized carbons (Fsp3) is 0.438. The molecule has 0 fully saturated rings. The fourth-order valence-corrected chi connectivity index (χ4v) is 1.90. The predicted octanol–water partition coefficient (Wildman–Crippen LogP) is 1.49. The number of amides is 2. The van der Waals surface area contributed by atoms with Gasteiger partial charge in [0.05, 0.1) is 6.54 Å². The van der Waals surface area contributed by atoms with Crippen LogP contribution in [0.2, 0.25) is 0 Å². The Morgan fingerprint density at radius 2 is 1.79 bits per heavy atom. The highest BCUT2D eigenvalue weighted by molar-refractivity contribution is 5.92. The van der Waals surface area contributed by atoms with Crippen molar-refractivity contribution in [1.29, 1.82) is 0 Å². The molecule has 2 amide bonds. The van der Waals surface area contributed by atoms with Gasteiger partial charge in [-0.3, -0.25) is 9.59 Å². The van der Waals surface area contributed by atoms with Crippen molar-refractivity contribution in [2.24, 2.45) is 0 Å². The number of hydrogen-bond acceptors (Lipinski definition) is 4. The highest BCUT2D eigenvalue weighted by Gasteiger charge is 2.22. The van der Waals surface area contributed by atoms with E-state index < -0.39 is 35.7 Å². The van der Waals surface area contributed by atoms with Crippen LogP contribution in [0.4, 0.5) is 8.78 Å². The second-order valence-corrected chi connectivity index (χ2v) is 5.30. The van der Waals surface area contributed by atoms with E-state index in [9.17, 15) is 23.2 Å². The van der Waals surface area contributed by atoms with Gasteiger partial charge in [-0.2, -0.15) is 0 Å². The summed E-state index contributed by atoms with van der Waals surface area (Å²) in [6.07, 6.45) is 0. The fourth-order valence-electron chi connectivity index (χ4n) is 1.90. The van der Waals surface area contributed by atoms with E-state index in [0.717, 1.165) is 18.2 Å². The molecule has 0 aliphatic rings. The number of halogens is 2. The van der Waals surface area contributed by atoms with Crippen LogP contribution in [0.1, 0.15) is 31.1 Å². The van der Waals surface area contributed by atoms with E-state index in [1.807, 2.05) is 0 Å². The van der Waals surface area contributed by atoms with E-state index in [-0.39, 0.29) is 25.0 Å². The zero-order chi connectivity index (χ0) is 18.3. The van der Waals surface area contributed by atoms with Crippen molar-refractivity contribution in [2.45, 2.75) is 26.8 Å². The van der Waals surface area contributed by atoms with Crippen LogP contribution in [-0.2, 0) is 14.3 Å². The van der Waals surface area contributed by atoms with Crippen LogP contribution >= 0.6 is 0 Å². The predicted molar refractivity (Wildman–Crippen MR) is 82.2 cm³/mol. The van der Waals surface area contributed by atoms with Crippen molar-refractivity contribution in [3.05, 3.63) is 35.4 Å². The van der Waals surface area contributed by atoms with Crippen molar-refractivity contribution in [2.75, 3.05) is 19.7 Å². The second kappa shape index (κ2) is 8.95. The number of ether oxygens (including phenoxy) is 1. The summed E-state index contributed by atoms with van der Waals surface area (Å²) < 4.78 is 31.6. The summed E-state index contributed by atoms with van der Waals surface area (Å²) >= 11 is 0. The van der Waals surface area contributed by atoms with Gasteiger partial charge in [-0.15, -0.1) is 0 Å².